The van der Waals surface area contributed by atoms with Crippen molar-refractivity contribution in [2.45, 2.75) is 25.9 Å². The molecular formula is C17H29N5O2. The fourth-order valence-electron chi connectivity index (χ4n) is 2.64. The van der Waals surface area contributed by atoms with Crippen LogP contribution in [0.2, 0.25) is 0 Å². The molecule has 0 unspecified atom stereocenters. The molecule has 2 heterocycles. The number of hydrogen-bond donors (Lipinski definition) is 2. The number of nitrogens with zero attached hydrogens (tertiary/aromatic N) is 3. The zero-order valence-corrected chi connectivity index (χ0v) is 15.1. The Hall–Kier alpha value is -1.86. The molecule has 1 aromatic rings. The molecule has 7 heteroatoms. The Morgan fingerprint density at radius 3 is 2.71 bits per heavy atom. The molecule has 0 spiro atoms. The number of nitrogens with one attached hydrogen (secondary N) is 2. The summed E-state index contributed by atoms with van der Waals surface area (Å²) in [5, 5.41) is 5.87. The molecule has 2 rings (SSSR count). The van der Waals surface area contributed by atoms with E-state index in [0.717, 1.165) is 37.7 Å². The lowest BCUT2D eigenvalue weighted by Gasteiger charge is -2.40. The first-order valence-corrected chi connectivity index (χ1v) is 8.35. The number of amides is 2. The Labute approximate surface area is 144 Å². The molecule has 24 heavy (non-hydrogen) atoms. The summed E-state index contributed by atoms with van der Waals surface area (Å²) in [6.07, 6.45) is 1.76. The summed E-state index contributed by atoms with van der Waals surface area (Å²) >= 11 is 0. The van der Waals surface area contributed by atoms with Crippen LogP contribution in [0.1, 0.15) is 19.4 Å². The van der Waals surface area contributed by atoms with Crippen molar-refractivity contribution < 1.29 is 9.53 Å². The van der Waals surface area contributed by atoms with Crippen molar-refractivity contribution in [2.75, 3.05) is 51.8 Å². The third kappa shape index (κ3) is 5.35. The fourth-order valence-corrected chi connectivity index (χ4v) is 2.64. The highest BCUT2D eigenvalue weighted by atomic mass is 16.5. The summed E-state index contributed by atoms with van der Waals surface area (Å²) in [5.74, 6) is 0.878. The smallest absolute Gasteiger partial charge is 0.315 e. The van der Waals surface area contributed by atoms with Crippen LogP contribution in [0.3, 0.4) is 0 Å². The molecule has 1 aliphatic heterocycles. The van der Waals surface area contributed by atoms with Crippen LogP contribution in [0.5, 0.6) is 0 Å². The number of pyridine rings is 1. The first kappa shape index (κ1) is 18.5. The van der Waals surface area contributed by atoms with Crippen molar-refractivity contribution in [2.24, 2.45) is 0 Å². The molecule has 1 aromatic heterocycles. The number of urea groups is 1. The van der Waals surface area contributed by atoms with E-state index in [1.165, 1.54) is 0 Å². The van der Waals surface area contributed by atoms with Crippen LogP contribution in [0.25, 0.3) is 0 Å². The van der Waals surface area contributed by atoms with Gasteiger partial charge in [-0.15, -0.1) is 0 Å². The Morgan fingerprint density at radius 1 is 1.33 bits per heavy atom. The van der Waals surface area contributed by atoms with E-state index in [9.17, 15) is 4.79 Å². The lowest BCUT2D eigenvalue weighted by molar-refractivity contribution is -0.00874. The average Bonchev–Trinajstić information content (AvgIpc) is 2.59. The van der Waals surface area contributed by atoms with E-state index in [2.05, 4.69) is 34.4 Å². The molecule has 1 aliphatic rings. The van der Waals surface area contributed by atoms with Crippen LogP contribution in [-0.2, 0) is 11.3 Å². The number of hydrogen-bond acceptors (Lipinski definition) is 5. The zero-order valence-electron chi connectivity index (χ0n) is 15.1. The highest BCUT2D eigenvalue weighted by Gasteiger charge is 2.28. The number of ether oxygens (including phenoxy) is 1. The van der Waals surface area contributed by atoms with Crippen LogP contribution >= 0.6 is 0 Å². The quantitative estimate of drug-likeness (QED) is 0.813. The number of morpholine rings is 1. The van der Waals surface area contributed by atoms with Gasteiger partial charge in [-0.05, 0) is 31.5 Å². The summed E-state index contributed by atoms with van der Waals surface area (Å²) in [5.41, 5.74) is 0.937. The van der Waals surface area contributed by atoms with E-state index >= 15 is 0 Å². The average molecular weight is 335 g/mol. The summed E-state index contributed by atoms with van der Waals surface area (Å²) in [6, 6.07) is 3.72. The van der Waals surface area contributed by atoms with Crippen LogP contribution in [0.4, 0.5) is 10.6 Å². The molecule has 1 saturated heterocycles. The van der Waals surface area contributed by atoms with E-state index in [-0.39, 0.29) is 11.6 Å². The topological polar surface area (TPSA) is 69.7 Å². The number of rotatable bonds is 6. The second kappa shape index (κ2) is 8.30. The molecule has 0 bridgehead atoms. The number of carbonyl (C=O) groups is 1. The first-order valence-electron chi connectivity index (χ1n) is 8.35. The van der Waals surface area contributed by atoms with E-state index in [1.54, 1.807) is 6.20 Å². The lowest BCUT2D eigenvalue weighted by atomic mass is 10.0. The second-order valence-electron chi connectivity index (χ2n) is 6.86. The normalized spacial score (nSPS) is 15.8. The molecule has 0 aromatic carbocycles. The van der Waals surface area contributed by atoms with E-state index < -0.39 is 0 Å². The number of aromatic nitrogens is 1. The van der Waals surface area contributed by atoms with Gasteiger partial charge < -0.3 is 20.3 Å². The van der Waals surface area contributed by atoms with Crippen molar-refractivity contribution in [3.63, 3.8) is 0 Å². The van der Waals surface area contributed by atoms with Gasteiger partial charge in [-0.1, -0.05) is 0 Å². The molecule has 2 amide bonds. The monoisotopic (exact) mass is 335 g/mol. The van der Waals surface area contributed by atoms with E-state index in [0.29, 0.717) is 13.1 Å². The van der Waals surface area contributed by atoms with Gasteiger partial charge in [0.25, 0.3) is 0 Å². The predicted octanol–water partition coefficient (Wildman–Crippen LogP) is 1.06. The van der Waals surface area contributed by atoms with Crippen molar-refractivity contribution >= 4 is 11.8 Å². The Bertz CT molecular complexity index is 542. The van der Waals surface area contributed by atoms with Crippen molar-refractivity contribution in [1.82, 2.24) is 20.5 Å². The summed E-state index contributed by atoms with van der Waals surface area (Å²) in [4.78, 5) is 20.6. The van der Waals surface area contributed by atoms with Crippen LogP contribution in [0, 0.1) is 0 Å². The number of anilines is 1. The van der Waals surface area contributed by atoms with Gasteiger partial charge in [0.05, 0.1) is 13.2 Å². The highest BCUT2D eigenvalue weighted by molar-refractivity contribution is 5.73. The molecule has 0 atom stereocenters. The molecule has 0 radical (unpaired) electrons. The summed E-state index contributed by atoms with van der Waals surface area (Å²) in [7, 11) is 3.89. The molecule has 0 saturated carbocycles. The minimum absolute atomic E-state index is 0.0874. The van der Waals surface area contributed by atoms with Gasteiger partial charge in [-0.3, -0.25) is 4.90 Å². The number of carbonyl (C=O) groups excluding carboxylic acids is 1. The molecular weight excluding hydrogens is 306 g/mol. The molecule has 1 fully saturated rings. The minimum Gasteiger partial charge on any atom is -0.379 e. The van der Waals surface area contributed by atoms with Gasteiger partial charge in [0.15, 0.2) is 0 Å². The largest absolute Gasteiger partial charge is 0.379 e. The molecule has 0 aliphatic carbocycles. The van der Waals surface area contributed by atoms with Gasteiger partial charge >= 0.3 is 6.03 Å². The van der Waals surface area contributed by atoms with Gasteiger partial charge in [0, 0.05) is 52.0 Å². The van der Waals surface area contributed by atoms with Gasteiger partial charge in [0.2, 0.25) is 0 Å². The van der Waals surface area contributed by atoms with Crippen molar-refractivity contribution in [1.29, 1.82) is 0 Å². The standard InChI is InChI=1S/C17H29N5O2/c1-17(2,22-7-9-24-10-8-22)13-20-16(23)19-12-14-5-6-18-15(11-14)21(3)4/h5-6,11H,7-10,12-13H2,1-4H3,(H2,19,20,23). The van der Waals surface area contributed by atoms with Crippen molar-refractivity contribution in [3.05, 3.63) is 23.9 Å². The predicted molar refractivity (Wildman–Crippen MR) is 95.3 cm³/mol. The maximum absolute atomic E-state index is 12.1. The van der Waals surface area contributed by atoms with Crippen LogP contribution in [-0.4, -0.2) is 68.4 Å². The fraction of sp³-hybridized carbons (Fsp3) is 0.647. The third-order valence-corrected chi connectivity index (χ3v) is 4.27. The van der Waals surface area contributed by atoms with Gasteiger partial charge in [0.1, 0.15) is 5.82 Å². The van der Waals surface area contributed by atoms with Crippen molar-refractivity contribution in [3.8, 4) is 0 Å². The summed E-state index contributed by atoms with van der Waals surface area (Å²) < 4.78 is 5.38. The Balaban J connectivity index is 1.77. The molecule has 2 N–H and O–H groups in total. The third-order valence-electron chi connectivity index (χ3n) is 4.27. The zero-order chi connectivity index (χ0) is 17.6. The van der Waals surface area contributed by atoms with Crippen LogP contribution < -0.4 is 15.5 Å². The molecule has 134 valence electrons. The Morgan fingerprint density at radius 2 is 2.04 bits per heavy atom. The maximum atomic E-state index is 12.1. The molecule has 7 nitrogen and oxygen atoms in total. The summed E-state index contributed by atoms with van der Waals surface area (Å²) in [6.45, 7) is 8.68. The van der Waals surface area contributed by atoms with E-state index in [4.69, 9.17) is 4.74 Å². The van der Waals surface area contributed by atoms with E-state index in [1.807, 2.05) is 31.1 Å². The lowest BCUT2D eigenvalue weighted by Crippen LogP contribution is -2.56. The van der Waals surface area contributed by atoms with Gasteiger partial charge in [-0.25, -0.2) is 9.78 Å². The Kier molecular flexibility index (Phi) is 6.39. The maximum Gasteiger partial charge on any atom is 0.315 e. The highest BCUT2D eigenvalue weighted by Crippen LogP contribution is 2.15. The first-order chi connectivity index (χ1) is 11.4. The SMILES string of the molecule is CN(C)c1cc(CNC(=O)NCC(C)(C)N2CCOCC2)ccn1. The second-order valence-corrected chi connectivity index (χ2v) is 6.86. The minimum atomic E-state index is -0.153. The van der Waals surface area contributed by atoms with Gasteiger partial charge in [-0.2, -0.15) is 0 Å². The van der Waals surface area contributed by atoms with Crippen LogP contribution in [0.15, 0.2) is 18.3 Å².